The van der Waals surface area contributed by atoms with Crippen molar-refractivity contribution in [2.75, 3.05) is 6.61 Å². The van der Waals surface area contributed by atoms with Crippen molar-refractivity contribution in [1.29, 1.82) is 0 Å². The molecule has 0 amide bonds. The second-order valence-corrected chi connectivity index (χ2v) is 7.90. The molecule has 2 fully saturated rings. The van der Waals surface area contributed by atoms with Gasteiger partial charge < -0.3 is 9.47 Å². The molecule has 1 saturated carbocycles. The first-order chi connectivity index (χ1) is 9.87. The molecule has 5 heteroatoms. The van der Waals surface area contributed by atoms with E-state index < -0.39 is 27.8 Å². The Bertz CT molecular complexity index is 607. The molecule has 0 N–H and O–H groups in total. The average molecular weight is 308 g/mol. The van der Waals surface area contributed by atoms with Gasteiger partial charge in [-0.1, -0.05) is 31.5 Å². The Hall–Kier alpha value is -1.20. The lowest BCUT2D eigenvalue weighted by molar-refractivity contribution is -0.173. The lowest BCUT2D eigenvalue weighted by atomic mass is 10.1. The summed E-state index contributed by atoms with van der Waals surface area (Å²) in [5, 5.41) is 0. The van der Waals surface area contributed by atoms with Gasteiger partial charge in [-0.25, -0.2) is 0 Å². The van der Waals surface area contributed by atoms with Crippen LogP contribution in [0.15, 0.2) is 29.2 Å². The van der Waals surface area contributed by atoms with Crippen LogP contribution in [0.25, 0.3) is 0 Å². The normalized spacial score (nSPS) is 34.2. The van der Waals surface area contributed by atoms with Crippen molar-refractivity contribution >= 4 is 16.8 Å². The second-order valence-electron chi connectivity index (χ2n) is 6.25. The SMILES string of the molecule is CCO[C@H]1OC(=O)[C@@]2(S(=O)c3ccc(C)cc3)[C@@H]1C2(C)C. The van der Waals surface area contributed by atoms with Crippen LogP contribution in [0.1, 0.15) is 26.3 Å². The first kappa shape index (κ1) is 14.7. The standard InChI is InChI=1S/C16H20O4S/c1-5-19-13-12-15(3,4)16(12,14(17)20-13)21(18)11-8-6-10(2)7-9-11/h6-9,12-13H,5H2,1-4H3/t12-,13-,16-,21?/m0/s1. The number of hydrogen-bond acceptors (Lipinski definition) is 4. The quantitative estimate of drug-likeness (QED) is 0.802. The molecule has 1 aliphatic heterocycles. The van der Waals surface area contributed by atoms with Gasteiger partial charge in [-0.15, -0.1) is 0 Å². The van der Waals surface area contributed by atoms with Gasteiger partial charge in [0.1, 0.15) is 0 Å². The Morgan fingerprint density at radius 3 is 2.43 bits per heavy atom. The molecule has 0 radical (unpaired) electrons. The summed E-state index contributed by atoms with van der Waals surface area (Å²) in [7, 11) is -1.44. The van der Waals surface area contributed by atoms with Crippen LogP contribution in [0.4, 0.5) is 0 Å². The van der Waals surface area contributed by atoms with Crippen LogP contribution in [0.3, 0.4) is 0 Å². The summed E-state index contributed by atoms with van der Waals surface area (Å²) in [6.45, 7) is 8.24. The number of cyclic esters (lactones) is 1. The molecule has 1 aliphatic carbocycles. The van der Waals surface area contributed by atoms with E-state index in [1.807, 2.05) is 52.0 Å². The van der Waals surface area contributed by atoms with E-state index >= 15 is 0 Å². The maximum absolute atomic E-state index is 13.1. The lowest BCUT2D eigenvalue weighted by Gasteiger charge is -2.20. The fourth-order valence-electron chi connectivity index (χ4n) is 3.52. The van der Waals surface area contributed by atoms with E-state index in [-0.39, 0.29) is 11.3 Å². The zero-order chi connectivity index (χ0) is 15.4. The molecule has 2 aliphatic rings. The van der Waals surface area contributed by atoms with Crippen LogP contribution in [0.5, 0.6) is 0 Å². The van der Waals surface area contributed by atoms with Gasteiger partial charge in [-0.3, -0.25) is 9.00 Å². The Morgan fingerprint density at radius 2 is 1.90 bits per heavy atom. The minimum atomic E-state index is -1.44. The highest BCUT2D eigenvalue weighted by molar-refractivity contribution is 7.87. The van der Waals surface area contributed by atoms with Gasteiger partial charge in [-0.05, 0) is 26.0 Å². The summed E-state index contributed by atoms with van der Waals surface area (Å²) < 4.78 is 22.9. The zero-order valence-corrected chi connectivity index (χ0v) is 13.5. The Kier molecular flexibility index (Phi) is 3.26. The Balaban J connectivity index is 1.98. The lowest BCUT2D eigenvalue weighted by Crippen LogP contribution is -2.33. The van der Waals surface area contributed by atoms with Gasteiger partial charge in [0, 0.05) is 16.9 Å². The van der Waals surface area contributed by atoms with Crippen molar-refractivity contribution in [3.05, 3.63) is 29.8 Å². The number of carbonyl (C=O) groups is 1. The van der Waals surface area contributed by atoms with Crippen LogP contribution in [-0.4, -0.2) is 27.8 Å². The summed E-state index contributed by atoms with van der Waals surface area (Å²) in [5.74, 6) is -0.547. The van der Waals surface area contributed by atoms with Crippen LogP contribution < -0.4 is 0 Å². The minimum absolute atomic E-state index is 0.153. The molecule has 114 valence electrons. The summed E-state index contributed by atoms with van der Waals surface area (Å²) in [6.07, 6.45) is -0.577. The van der Waals surface area contributed by atoms with Gasteiger partial charge in [0.25, 0.3) is 0 Å². The third-order valence-corrected chi connectivity index (χ3v) is 6.98. The molecule has 4 nitrogen and oxygen atoms in total. The predicted molar refractivity (Wildman–Crippen MR) is 79.1 cm³/mol. The van der Waals surface area contributed by atoms with Gasteiger partial charge in [0.15, 0.2) is 4.75 Å². The molecule has 1 aromatic carbocycles. The van der Waals surface area contributed by atoms with Crippen LogP contribution in [0, 0.1) is 18.3 Å². The van der Waals surface area contributed by atoms with E-state index in [1.54, 1.807) is 0 Å². The molecular weight excluding hydrogens is 288 g/mol. The van der Waals surface area contributed by atoms with Gasteiger partial charge >= 0.3 is 5.97 Å². The van der Waals surface area contributed by atoms with Crippen molar-refractivity contribution in [1.82, 2.24) is 0 Å². The Morgan fingerprint density at radius 1 is 1.29 bits per heavy atom. The van der Waals surface area contributed by atoms with Gasteiger partial charge in [0.05, 0.1) is 16.7 Å². The highest BCUT2D eigenvalue weighted by Gasteiger charge is 2.87. The number of ether oxygens (including phenoxy) is 2. The fourth-order valence-corrected chi connectivity index (χ4v) is 5.65. The summed E-state index contributed by atoms with van der Waals surface area (Å²) >= 11 is 0. The summed E-state index contributed by atoms with van der Waals surface area (Å²) in [5.41, 5.74) is 0.721. The maximum Gasteiger partial charge on any atom is 0.328 e. The maximum atomic E-state index is 13.1. The number of hydrogen-bond donors (Lipinski definition) is 0. The smallest absolute Gasteiger partial charge is 0.328 e. The largest absolute Gasteiger partial charge is 0.434 e. The molecule has 1 aromatic rings. The molecule has 1 saturated heterocycles. The van der Waals surface area contributed by atoms with E-state index in [2.05, 4.69) is 0 Å². The van der Waals surface area contributed by atoms with E-state index in [4.69, 9.17) is 9.47 Å². The van der Waals surface area contributed by atoms with Crippen molar-refractivity contribution in [2.45, 2.75) is 43.6 Å². The van der Waals surface area contributed by atoms with Crippen molar-refractivity contribution in [3.8, 4) is 0 Å². The van der Waals surface area contributed by atoms with E-state index in [1.165, 1.54) is 0 Å². The zero-order valence-electron chi connectivity index (χ0n) is 12.7. The number of carbonyl (C=O) groups excluding carboxylic acids is 1. The fraction of sp³-hybridized carbons (Fsp3) is 0.562. The highest BCUT2D eigenvalue weighted by atomic mass is 32.2. The minimum Gasteiger partial charge on any atom is -0.434 e. The number of esters is 1. The third-order valence-electron chi connectivity index (χ3n) is 4.75. The van der Waals surface area contributed by atoms with Crippen LogP contribution in [-0.2, 0) is 25.1 Å². The average Bonchev–Trinajstić information content (AvgIpc) is 2.78. The van der Waals surface area contributed by atoms with Crippen molar-refractivity contribution in [3.63, 3.8) is 0 Å². The number of fused-ring (bicyclic) bond motifs is 1. The summed E-state index contributed by atoms with van der Waals surface area (Å²) in [6, 6.07) is 7.48. The highest BCUT2D eigenvalue weighted by Crippen LogP contribution is 2.71. The predicted octanol–water partition coefficient (Wildman–Crippen LogP) is 2.42. The van der Waals surface area contributed by atoms with E-state index in [9.17, 15) is 9.00 Å². The van der Waals surface area contributed by atoms with Crippen LogP contribution >= 0.6 is 0 Å². The van der Waals surface area contributed by atoms with Crippen LogP contribution in [0.2, 0.25) is 0 Å². The van der Waals surface area contributed by atoms with Gasteiger partial charge in [0.2, 0.25) is 6.29 Å². The monoisotopic (exact) mass is 308 g/mol. The third kappa shape index (κ3) is 1.77. The van der Waals surface area contributed by atoms with Crippen molar-refractivity contribution in [2.24, 2.45) is 11.3 Å². The number of benzene rings is 1. The molecular formula is C16H20O4S. The molecule has 0 bridgehead atoms. The molecule has 4 atom stereocenters. The van der Waals surface area contributed by atoms with Crippen molar-refractivity contribution < 1.29 is 18.5 Å². The van der Waals surface area contributed by atoms with E-state index in [0.717, 1.165) is 5.56 Å². The first-order valence-electron chi connectivity index (χ1n) is 7.18. The topological polar surface area (TPSA) is 52.6 Å². The summed E-state index contributed by atoms with van der Waals surface area (Å²) in [4.78, 5) is 13.1. The molecule has 3 rings (SSSR count). The number of aryl methyl sites for hydroxylation is 1. The van der Waals surface area contributed by atoms with E-state index in [0.29, 0.717) is 11.5 Å². The molecule has 21 heavy (non-hydrogen) atoms. The molecule has 0 aromatic heterocycles. The Labute approximate surface area is 127 Å². The molecule has 1 unspecified atom stereocenters. The number of rotatable bonds is 4. The van der Waals surface area contributed by atoms with Gasteiger partial charge in [-0.2, -0.15) is 0 Å². The molecule has 1 heterocycles. The second kappa shape index (κ2) is 4.65. The first-order valence-corrected chi connectivity index (χ1v) is 8.33. The molecule has 0 spiro atoms.